The fourth-order valence-electron chi connectivity index (χ4n) is 4.20. The molecule has 0 aliphatic rings. The zero-order chi connectivity index (χ0) is 38.2. The summed E-state index contributed by atoms with van der Waals surface area (Å²) in [5.41, 5.74) is 1.32. The normalized spacial score (nSPS) is 10.6. The number of aliphatic imine (C=N–C) groups is 1. The molecule has 4 aromatic carbocycles. The van der Waals surface area contributed by atoms with Gasteiger partial charge in [-0.05, 0) is 72.3 Å². The van der Waals surface area contributed by atoms with Crippen molar-refractivity contribution in [2.75, 3.05) is 26.4 Å². The molecule has 14 heteroatoms. The number of carbonyl (C=O) groups excluding carboxylic acids is 4. The average molecular weight is 781 g/mol. The minimum atomic E-state index is -0.643. The summed E-state index contributed by atoms with van der Waals surface area (Å²) in [7, 11) is 0. The topological polar surface area (TPSA) is 136 Å². The molecule has 0 aromatic heterocycles. The Kier molecular flexibility index (Phi) is 15.5. The maximum absolute atomic E-state index is 12.7. The van der Waals surface area contributed by atoms with Gasteiger partial charge in [0.15, 0.2) is 0 Å². The van der Waals surface area contributed by atoms with Crippen LogP contribution in [0.3, 0.4) is 0 Å². The van der Waals surface area contributed by atoms with Crippen molar-refractivity contribution in [3.05, 3.63) is 136 Å². The second-order valence-corrected chi connectivity index (χ2v) is 11.9. The van der Waals surface area contributed by atoms with Crippen molar-refractivity contribution in [2.24, 2.45) is 4.99 Å². The summed E-state index contributed by atoms with van der Waals surface area (Å²) in [5, 5.41) is 0.410. The van der Waals surface area contributed by atoms with Crippen LogP contribution < -0.4 is 18.9 Å². The molecule has 274 valence electrons. The van der Waals surface area contributed by atoms with Crippen molar-refractivity contribution in [2.45, 2.75) is 12.8 Å². The van der Waals surface area contributed by atoms with Gasteiger partial charge in [0, 0.05) is 43.3 Å². The van der Waals surface area contributed by atoms with Crippen molar-refractivity contribution in [3.8, 4) is 23.0 Å². The molecule has 0 N–H and O–H groups in total. The standard InChI is InChI=1S/C39H32Cl3NO10/c1-3-35(44)50-19-5-17-48-28-12-8-26(9-13-28)38(46)52-30-22-32(41)37(33(42)23-30)43-24-25-7-16-34(31(40)21-25)53-39(47)27-10-14-29(15-11-27)49-18-6-20-51-36(45)4-2/h3-4,7-16,21-24H,1-2,5-6,17-20H2/b43-24+. The largest absolute Gasteiger partial charge is 0.493 e. The van der Waals surface area contributed by atoms with Gasteiger partial charge in [0.05, 0.1) is 52.6 Å². The molecule has 0 heterocycles. The molecule has 53 heavy (non-hydrogen) atoms. The highest BCUT2D eigenvalue weighted by Crippen LogP contribution is 2.37. The van der Waals surface area contributed by atoms with Crippen LogP contribution in [0.25, 0.3) is 0 Å². The smallest absolute Gasteiger partial charge is 0.343 e. The van der Waals surface area contributed by atoms with E-state index in [0.717, 1.165) is 12.2 Å². The van der Waals surface area contributed by atoms with Crippen LogP contribution in [0.2, 0.25) is 15.1 Å². The first-order valence-electron chi connectivity index (χ1n) is 15.9. The maximum Gasteiger partial charge on any atom is 0.343 e. The van der Waals surface area contributed by atoms with E-state index >= 15 is 0 Å². The Bertz CT molecular complexity index is 1960. The Morgan fingerprint density at radius 3 is 1.55 bits per heavy atom. The summed E-state index contributed by atoms with van der Waals surface area (Å²) in [4.78, 5) is 51.9. The van der Waals surface area contributed by atoms with Crippen LogP contribution in [0.5, 0.6) is 23.0 Å². The van der Waals surface area contributed by atoms with Gasteiger partial charge < -0.3 is 28.4 Å². The average Bonchev–Trinajstić information content (AvgIpc) is 3.15. The van der Waals surface area contributed by atoms with Crippen molar-refractivity contribution in [3.63, 3.8) is 0 Å². The zero-order valence-electron chi connectivity index (χ0n) is 28.1. The predicted octanol–water partition coefficient (Wildman–Crippen LogP) is 8.83. The van der Waals surface area contributed by atoms with E-state index in [9.17, 15) is 19.2 Å². The first kappa shape index (κ1) is 40.2. The maximum atomic E-state index is 12.7. The third-order valence-electron chi connectivity index (χ3n) is 6.82. The van der Waals surface area contributed by atoms with Crippen LogP contribution in [0.15, 0.2) is 109 Å². The summed E-state index contributed by atoms with van der Waals surface area (Å²) in [6, 6.07) is 20.2. The molecular formula is C39H32Cl3NO10. The van der Waals surface area contributed by atoms with Crippen molar-refractivity contribution >= 4 is 70.6 Å². The fraction of sp³-hybridized carbons (Fsp3) is 0.154. The first-order valence-corrected chi connectivity index (χ1v) is 17.0. The number of benzene rings is 4. The number of hydrogen-bond acceptors (Lipinski definition) is 11. The predicted molar refractivity (Wildman–Crippen MR) is 201 cm³/mol. The molecule has 4 rings (SSSR count). The molecule has 0 aliphatic carbocycles. The van der Waals surface area contributed by atoms with Gasteiger partial charge in [-0.3, -0.25) is 4.99 Å². The summed E-state index contributed by atoms with van der Waals surface area (Å²) in [6.07, 6.45) is 4.62. The van der Waals surface area contributed by atoms with E-state index in [1.807, 2.05) is 0 Å². The van der Waals surface area contributed by atoms with Gasteiger partial charge in [-0.15, -0.1) is 0 Å². The van der Waals surface area contributed by atoms with E-state index < -0.39 is 23.9 Å². The van der Waals surface area contributed by atoms with Gasteiger partial charge in [-0.25, -0.2) is 19.2 Å². The molecule has 11 nitrogen and oxygen atoms in total. The number of esters is 4. The SMILES string of the molecule is C=CC(=O)OCCCOc1ccc(C(=O)Oc2cc(Cl)c(/N=C/c3ccc(OC(=O)c4ccc(OCCCOC(=O)C=C)cc4)c(Cl)c3)c(Cl)c2)cc1. The van der Waals surface area contributed by atoms with Gasteiger partial charge in [0.1, 0.15) is 28.7 Å². The molecule has 0 radical (unpaired) electrons. The van der Waals surface area contributed by atoms with Crippen LogP contribution in [0.1, 0.15) is 39.1 Å². The highest BCUT2D eigenvalue weighted by Gasteiger charge is 2.15. The van der Waals surface area contributed by atoms with Crippen molar-refractivity contribution < 1.29 is 47.6 Å². The molecule has 0 fully saturated rings. The molecule has 0 aliphatic heterocycles. The number of carbonyl (C=O) groups is 4. The lowest BCUT2D eigenvalue weighted by molar-refractivity contribution is -0.138. The van der Waals surface area contributed by atoms with Gasteiger partial charge in [0.2, 0.25) is 0 Å². The van der Waals surface area contributed by atoms with Gasteiger partial charge in [-0.1, -0.05) is 48.0 Å². The van der Waals surface area contributed by atoms with E-state index in [1.165, 1.54) is 24.4 Å². The van der Waals surface area contributed by atoms with Gasteiger partial charge in [-0.2, -0.15) is 0 Å². The third-order valence-corrected chi connectivity index (χ3v) is 7.69. The highest BCUT2D eigenvalue weighted by molar-refractivity contribution is 6.39. The van der Waals surface area contributed by atoms with E-state index in [1.54, 1.807) is 60.7 Å². The molecule has 4 aromatic rings. The van der Waals surface area contributed by atoms with Crippen LogP contribution in [0, 0.1) is 0 Å². The number of halogens is 3. The van der Waals surface area contributed by atoms with Gasteiger partial charge in [0.25, 0.3) is 0 Å². The second-order valence-electron chi connectivity index (χ2n) is 10.7. The lowest BCUT2D eigenvalue weighted by atomic mass is 10.2. The Balaban J connectivity index is 1.28. The van der Waals surface area contributed by atoms with Crippen molar-refractivity contribution in [1.29, 1.82) is 0 Å². The van der Waals surface area contributed by atoms with E-state index in [-0.39, 0.29) is 56.6 Å². The van der Waals surface area contributed by atoms with Crippen molar-refractivity contribution in [1.82, 2.24) is 0 Å². The molecule has 0 bridgehead atoms. The first-order chi connectivity index (χ1) is 25.6. The number of nitrogens with zero attached hydrogens (tertiary/aromatic N) is 1. The van der Waals surface area contributed by atoms with Crippen LogP contribution in [-0.4, -0.2) is 56.5 Å². The van der Waals surface area contributed by atoms with Crippen LogP contribution in [-0.2, 0) is 19.1 Å². The molecule has 0 unspecified atom stereocenters. The fourth-order valence-corrected chi connectivity index (χ4v) is 5.00. The lowest BCUT2D eigenvalue weighted by Gasteiger charge is -2.10. The molecule has 0 atom stereocenters. The Labute approximate surface area is 320 Å². The van der Waals surface area contributed by atoms with Crippen LogP contribution >= 0.6 is 34.8 Å². The second kappa shape index (κ2) is 20.4. The molecule has 0 saturated heterocycles. The molecule has 0 amide bonds. The third kappa shape index (κ3) is 12.8. The number of hydrogen-bond donors (Lipinski definition) is 0. The highest BCUT2D eigenvalue weighted by atomic mass is 35.5. The molecule has 0 saturated carbocycles. The summed E-state index contributed by atoms with van der Waals surface area (Å²) in [6.45, 7) is 7.68. The zero-order valence-corrected chi connectivity index (χ0v) is 30.3. The lowest BCUT2D eigenvalue weighted by Crippen LogP contribution is -2.09. The van der Waals surface area contributed by atoms with E-state index in [4.69, 9.17) is 63.2 Å². The number of rotatable bonds is 18. The Hall–Kier alpha value is -5.62. The summed E-state index contributed by atoms with van der Waals surface area (Å²) >= 11 is 19.3. The van der Waals surface area contributed by atoms with E-state index in [0.29, 0.717) is 43.1 Å². The number of ether oxygens (including phenoxy) is 6. The summed E-state index contributed by atoms with van der Waals surface area (Å²) in [5.74, 6) is -0.966. The Morgan fingerprint density at radius 2 is 1.08 bits per heavy atom. The Morgan fingerprint density at radius 1 is 0.585 bits per heavy atom. The van der Waals surface area contributed by atoms with Gasteiger partial charge >= 0.3 is 23.9 Å². The summed E-state index contributed by atoms with van der Waals surface area (Å²) < 4.78 is 31.9. The molecular weight excluding hydrogens is 749 g/mol. The molecule has 0 spiro atoms. The van der Waals surface area contributed by atoms with E-state index in [2.05, 4.69) is 18.2 Å². The monoisotopic (exact) mass is 779 g/mol. The minimum Gasteiger partial charge on any atom is -0.493 e. The minimum absolute atomic E-state index is 0.110. The van der Waals surface area contributed by atoms with Crippen LogP contribution in [0.4, 0.5) is 5.69 Å². The quantitative estimate of drug-likeness (QED) is 0.0317.